The number of nitrogens with one attached hydrogen (secondary N) is 3. The van der Waals surface area contributed by atoms with E-state index in [2.05, 4.69) is 16.0 Å². The Morgan fingerprint density at radius 2 is 2.04 bits per heavy atom. The predicted octanol–water partition coefficient (Wildman–Crippen LogP) is 2.30. The highest BCUT2D eigenvalue weighted by molar-refractivity contribution is 7.13. The summed E-state index contributed by atoms with van der Waals surface area (Å²) in [5, 5.41) is 8.77. The van der Waals surface area contributed by atoms with Crippen LogP contribution in [0.4, 0.5) is 14.9 Å². The van der Waals surface area contributed by atoms with Crippen LogP contribution in [0, 0.1) is 5.82 Å². The first-order chi connectivity index (χ1) is 11.6. The molecule has 126 valence electrons. The normalized spacial score (nSPS) is 19.7. The van der Waals surface area contributed by atoms with E-state index in [4.69, 9.17) is 4.74 Å². The van der Waals surface area contributed by atoms with E-state index >= 15 is 0 Å². The third kappa shape index (κ3) is 3.48. The molecule has 2 aromatic rings. The Kier molecular flexibility index (Phi) is 4.66. The Labute approximate surface area is 142 Å². The molecule has 1 aliphatic heterocycles. The van der Waals surface area contributed by atoms with Gasteiger partial charge in [0.2, 0.25) is 5.91 Å². The molecule has 1 aliphatic rings. The molecule has 0 bridgehead atoms. The molecule has 2 heterocycles. The molecule has 0 radical (unpaired) electrons. The molecule has 3 amide bonds. The van der Waals surface area contributed by atoms with Crippen LogP contribution in [0.5, 0.6) is 5.06 Å². The molecular weight excluding hydrogens is 333 g/mol. The van der Waals surface area contributed by atoms with Crippen molar-refractivity contribution in [3.05, 3.63) is 47.1 Å². The summed E-state index contributed by atoms with van der Waals surface area (Å²) in [4.78, 5) is 25.1. The molecule has 24 heavy (non-hydrogen) atoms. The van der Waals surface area contributed by atoms with E-state index in [0.29, 0.717) is 12.2 Å². The number of hydrogen-bond acceptors (Lipinski definition) is 4. The van der Waals surface area contributed by atoms with Crippen LogP contribution in [0.2, 0.25) is 0 Å². The smallest absolute Gasteiger partial charge is 0.319 e. The molecule has 2 atom stereocenters. The van der Waals surface area contributed by atoms with Gasteiger partial charge in [-0.05, 0) is 36.4 Å². The van der Waals surface area contributed by atoms with Crippen LogP contribution in [-0.4, -0.2) is 31.6 Å². The Balaban J connectivity index is 1.68. The number of halogens is 1. The van der Waals surface area contributed by atoms with Gasteiger partial charge in [-0.1, -0.05) is 0 Å². The molecule has 0 spiro atoms. The van der Waals surface area contributed by atoms with Gasteiger partial charge in [0, 0.05) is 23.0 Å². The van der Waals surface area contributed by atoms with Crippen LogP contribution in [0.25, 0.3) is 0 Å². The number of hydrogen-bond donors (Lipinski definition) is 3. The van der Waals surface area contributed by atoms with E-state index in [0.717, 1.165) is 9.94 Å². The second-order valence-corrected chi connectivity index (χ2v) is 6.37. The zero-order valence-corrected chi connectivity index (χ0v) is 13.7. The average molecular weight is 349 g/mol. The van der Waals surface area contributed by atoms with Crippen LogP contribution < -0.4 is 20.7 Å². The molecule has 2 unspecified atom stereocenters. The number of thiophene rings is 1. The minimum atomic E-state index is -0.672. The van der Waals surface area contributed by atoms with Crippen molar-refractivity contribution in [2.24, 2.45) is 0 Å². The molecule has 1 fully saturated rings. The quantitative estimate of drug-likeness (QED) is 0.792. The van der Waals surface area contributed by atoms with E-state index in [-0.39, 0.29) is 17.6 Å². The fourth-order valence-corrected chi connectivity index (χ4v) is 3.50. The number of urea groups is 1. The Morgan fingerprint density at radius 3 is 2.71 bits per heavy atom. The number of ether oxygens (including phenoxy) is 1. The van der Waals surface area contributed by atoms with Gasteiger partial charge in [-0.25, -0.2) is 9.18 Å². The van der Waals surface area contributed by atoms with E-state index in [9.17, 15) is 14.0 Å². The first kappa shape index (κ1) is 16.3. The molecular formula is C16H16FN3O3S. The topological polar surface area (TPSA) is 79.5 Å². The highest BCUT2D eigenvalue weighted by Crippen LogP contribution is 2.33. The maximum atomic E-state index is 12.9. The molecule has 1 aromatic heterocycles. The highest BCUT2D eigenvalue weighted by Gasteiger charge is 2.37. The van der Waals surface area contributed by atoms with Crippen molar-refractivity contribution in [1.29, 1.82) is 0 Å². The van der Waals surface area contributed by atoms with Crippen molar-refractivity contribution in [3.63, 3.8) is 0 Å². The molecule has 0 aliphatic carbocycles. The van der Waals surface area contributed by atoms with E-state index in [1.165, 1.54) is 35.6 Å². The van der Waals surface area contributed by atoms with Crippen LogP contribution in [0.15, 0.2) is 36.4 Å². The average Bonchev–Trinajstić information content (AvgIpc) is 3.17. The number of amides is 3. The Morgan fingerprint density at radius 1 is 1.29 bits per heavy atom. The van der Waals surface area contributed by atoms with Gasteiger partial charge in [0.1, 0.15) is 11.9 Å². The Bertz CT molecular complexity index is 747. The van der Waals surface area contributed by atoms with Crippen molar-refractivity contribution in [1.82, 2.24) is 10.6 Å². The lowest BCUT2D eigenvalue weighted by molar-refractivity contribution is -0.120. The van der Waals surface area contributed by atoms with E-state index < -0.39 is 12.1 Å². The lowest BCUT2D eigenvalue weighted by Gasteiger charge is -2.17. The highest BCUT2D eigenvalue weighted by atomic mass is 32.1. The fourth-order valence-electron chi connectivity index (χ4n) is 2.54. The van der Waals surface area contributed by atoms with Crippen LogP contribution in [-0.2, 0) is 4.79 Å². The molecule has 3 N–H and O–H groups in total. The van der Waals surface area contributed by atoms with Gasteiger partial charge in [-0.3, -0.25) is 4.79 Å². The second kappa shape index (κ2) is 6.88. The molecule has 6 nitrogen and oxygen atoms in total. The summed E-state index contributed by atoms with van der Waals surface area (Å²) < 4.78 is 18.1. The van der Waals surface area contributed by atoms with Crippen molar-refractivity contribution >= 4 is 29.0 Å². The summed E-state index contributed by atoms with van der Waals surface area (Å²) in [7, 11) is 1.58. The molecule has 0 saturated carbocycles. The van der Waals surface area contributed by atoms with Gasteiger partial charge in [-0.15, -0.1) is 11.3 Å². The van der Waals surface area contributed by atoms with Gasteiger partial charge in [0.15, 0.2) is 5.06 Å². The van der Waals surface area contributed by atoms with Gasteiger partial charge in [0.05, 0.1) is 7.11 Å². The van der Waals surface area contributed by atoms with Gasteiger partial charge in [-0.2, -0.15) is 0 Å². The van der Waals surface area contributed by atoms with Gasteiger partial charge >= 0.3 is 6.03 Å². The molecule has 1 saturated heterocycles. The molecule has 1 aromatic carbocycles. The van der Waals surface area contributed by atoms with Crippen LogP contribution >= 0.6 is 11.3 Å². The SMILES string of the molecule is COc1ccc(C2CNC(=O)C2NC(=O)Nc2ccc(F)cc2)s1. The largest absolute Gasteiger partial charge is 0.487 e. The summed E-state index contributed by atoms with van der Waals surface area (Å²) in [6, 6.07) is 7.93. The first-order valence-corrected chi connectivity index (χ1v) is 8.13. The summed E-state index contributed by atoms with van der Waals surface area (Å²) in [5.41, 5.74) is 0.446. The number of benzene rings is 1. The van der Waals surface area contributed by atoms with Crippen molar-refractivity contribution in [3.8, 4) is 5.06 Å². The van der Waals surface area contributed by atoms with Crippen molar-refractivity contribution in [2.75, 3.05) is 19.0 Å². The molecule has 3 rings (SSSR count). The standard InChI is InChI=1S/C16H16FN3O3S/c1-23-13-7-6-12(24-13)11-8-18-15(21)14(11)20-16(22)19-10-4-2-9(17)3-5-10/h2-7,11,14H,8H2,1H3,(H,18,21)(H2,19,20,22). The number of carbonyl (C=O) groups is 2. The Hall–Kier alpha value is -2.61. The lowest BCUT2D eigenvalue weighted by Crippen LogP contribution is -2.44. The minimum absolute atomic E-state index is 0.162. The third-order valence-electron chi connectivity index (χ3n) is 3.74. The minimum Gasteiger partial charge on any atom is -0.487 e. The third-order valence-corrected chi connectivity index (χ3v) is 4.92. The first-order valence-electron chi connectivity index (χ1n) is 7.31. The maximum absolute atomic E-state index is 12.9. The summed E-state index contributed by atoms with van der Waals surface area (Å²) in [6.07, 6.45) is 0. The summed E-state index contributed by atoms with van der Waals surface area (Å²) in [5.74, 6) is -0.783. The zero-order chi connectivity index (χ0) is 17.1. The summed E-state index contributed by atoms with van der Waals surface area (Å²) in [6.45, 7) is 0.448. The van der Waals surface area contributed by atoms with Crippen molar-refractivity contribution < 1.29 is 18.7 Å². The predicted molar refractivity (Wildman–Crippen MR) is 89.0 cm³/mol. The van der Waals surface area contributed by atoms with Crippen LogP contribution in [0.1, 0.15) is 10.8 Å². The summed E-state index contributed by atoms with van der Waals surface area (Å²) >= 11 is 1.44. The zero-order valence-electron chi connectivity index (χ0n) is 12.8. The van der Waals surface area contributed by atoms with E-state index in [1.807, 2.05) is 12.1 Å². The van der Waals surface area contributed by atoms with Crippen molar-refractivity contribution in [2.45, 2.75) is 12.0 Å². The lowest BCUT2D eigenvalue weighted by atomic mass is 10.0. The maximum Gasteiger partial charge on any atom is 0.319 e. The second-order valence-electron chi connectivity index (χ2n) is 5.30. The van der Waals surface area contributed by atoms with E-state index in [1.54, 1.807) is 7.11 Å². The number of anilines is 1. The van der Waals surface area contributed by atoms with Gasteiger partial charge < -0.3 is 20.7 Å². The fraction of sp³-hybridized carbons (Fsp3) is 0.250. The van der Waals surface area contributed by atoms with Crippen LogP contribution in [0.3, 0.4) is 0 Å². The number of rotatable bonds is 4. The number of methoxy groups -OCH3 is 1. The number of carbonyl (C=O) groups excluding carboxylic acids is 2. The monoisotopic (exact) mass is 349 g/mol. The molecule has 8 heteroatoms. The van der Waals surface area contributed by atoms with Gasteiger partial charge in [0.25, 0.3) is 0 Å².